The van der Waals surface area contributed by atoms with E-state index in [1.165, 1.54) is 19.4 Å². The summed E-state index contributed by atoms with van der Waals surface area (Å²) in [6.45, 7) is 11.4. The molecule has 99 heavy (non-hydrogen) atoms. The second-order valence-corrected chi connectivity index (χ2v) is 25.4. The zero-order valence-corrected chi connectivity index (χ0v) is 57.1. The predicted octanol–water partition coefficient (Wildman–Crippen LogP) is -1.38. The molecule has 20 N–H and O–H groups in total. The van der Waals surface area contributed by atoms with Crippen LogP contribution in [-0.4, -0.2) is 171 Å². The van der Waals surface area contributed by atoms with Crippen molar-refractivity contribution in [1.82, 2.24) is 67.7 Å². The van der Waals surface area contributed by atoms with E-state index in [-0.39, 0.29) is 113 Å². The Hall–Kier alpha value is -10.5. The molecular formula is C66H96FN19O13. The molecule has 0 radical (unpaired) electrons. The normalized spacial score (nSPS) is 13.9. The van der Waals surface area contributed by atoms with Gasteiger partial charge in [0.05, 0.1) is 37.0 Å². The lowest BCUT2D eigenvalue weighted by atomic mass is 9.96. The predicted molar refractivity (Wildman–Crippen MR) is 362 cm³/mol. The summed E-state index contributed by atoms with van der Waals surface area (Å²) in [4.78, 5) is 172. The first-order valence-corrected chi connectivity index (χ1v) is 32.7. The molecule has 0 aliphatic rings. The van der Waals surface area contributed by atoms with Gasteiger partial charge in [0.15, 0.2) is 5.96 Å². The molecule has 0 fully saturated rings. The molecule has 0 saturated heterocycles. The highest BCUT2D eigenvalue weighted by Gasteiger charge is 2.34. The Bertz CT molecular complexity index is 3540. The number of imidazole rings is 1. The number of aliphatic hydroxyl groups is 1. The van der Waals surface area contributed by atoms with Crippen molar-refractivity contribution in [3.8, 4) is 6.07 Å². The molecule has 4 rings (SSSR count). The van der Waals surface area contributed by atoms with Crippen LogP contribution in [0.15, 0.2) is 66.2 Å². The molecule has 2 aromatic heterocycles. The van der Waals surface area contributed by atoms with Crippen molar-refractivity contribution in [3.63, 3.8) is 0 Å². The number of primary amides is 2. The van der Waals surface area contributed by atoms with E-state index in [0.717, 1.165) is 18.2 Å². The highest BCUT2D eigenvalue weighted by atomic mass is 18.2. The summed E-state index contributed by atoms with van der Waals surface area (Å²) in [5.41, 5.74) is 23.2. The van der Waals surface area contributed by atoms with Gasteiger partial charge in [-0.1, -0.05) is 59.7 Å². The molecule has 33 heteroatoms. The molecule has 0 saturated carbocycles. The van der Waals surface area contributed by atoms with E-state index in [4.69, 9.17) is 22.9 Å². The summed E-state index contributed by atoms with van der Waals surface area (Å²) < 4.78 is 15.6. The number of aliphatic hydroxyl groups excluding tert-OH is 1. The fourth-order valence-electron chi connectivity index (χ4n) is 10.5. The molecule has 32 nitrogen and oxygen atoms in total. The number of carbonyl (C=O) groups excluding carboxylic acids is 12. The highest BCUT2D eigenvalue weighted by Crippen LogP contribution is 2.21. The number of benzene rings is 2. The quantitative estimate of drug-likeness (QED) is 0.0138. The first kappa shape index (κ1) is 80.9. The number of hydrogen-bond donors (Lipinski definition) is 16. The van der Waals surface area contributed by atoms with Crippen LogP contribution in [0.4, 0.5) is 4.39 Å². The molecule has 2 aromatic carbocycles. The lowest BCUT2D eigenvalue weighted by molar-refractivity contribution is -0.135. The number of nitrogens with two attached hydrogens (primary N) is 4. The van der Waals surface area contributed by atoms with Crippen molar-refractivity contribution in [1.29, 1.82) is 5.26 Å². The number of aliphatic imine (C=N–C) groups is 1. The van der Waals surface area contributed by atoms with Crippen LogP contribution in [0.1, 0.15) is 140 Å². The second kappa shape index (κ2) is 40.3. The topological polar surface area (TPSA) is 519 Å². The average molecular weight is 1380 g/mol. The minimum absolute atomic E-state index is 0.0149. The molecule has 4 aromatic rings. The van der Waals surface area contributed by atoms with Crippen LogP contribution in [0.2, 0.25) is 0 Å². The maximum atomic E-state index is 14.4. The number of H-pyrrole nitrogens is 1. The minimum atomic E-state index is -1.43. The monoisotopic (exact) mass is 1380 g/mol. The number of unbranched alkanes of at least 4 members (excludes halogenated alkanes) is 1. The maximum Gasteiger partial charge on any atom is 0.251 e. The first-order valence-electron chi connectivity index (χ1n) is 32.7. The van der Waals surface area contributed by atoms with E-state index in [1.807, 2.05) is 27.7 Å². The van der Waals surface area contributed by atoms with Crippen molar-refractivity contribution in [3.05, 3.63) is 89.4 Å². The van der Waals surface area contributed by atoms with Gasteiger partial charge in [0.2, 0.25) is 65.0 Å². The van der Waals surface area contributed by atoms with Crippen molar-refractivity contribution >= 4 is 87.7 Å². The van der Waals surface area contributed by atoms with Gasteiger partial charge in [-0.3, -0.25) is 62.5 Å². The fourth-order valence-corrected chi connectivity index (χ4v) is 10.5. The molecule has 9 atom stereocenters. The summed E-state index contributed by atoms with van der Waals surface area (Å²) in [5, 5.41) is 47.5. The minimum Gasteiger partial charge on any atom is -0.390 e. The Morgan fingerprint density at radius 1 is 0.667 bits per heavy atom. The van der Waals surface area contributed by atoms with Gasteiger partial charge in [-0.05, 0) is 99.5 Å². The Morgan fingerprint density at radius 2 is 1.31 bits per heavy atom. The van der Waals surface area contributed by atoms with Crippen molar-refractivity contribution in [2.24, 2.45) is 52.7 Å². The van der Waals surface area contributed by atoms with Gasteiger partial charge in [-0.25, -0.2) is 9.37 Å². The Kier molecular flexibility index (Phi) is 32.9. The van der Waals surface area contributed by atoms with Crippen molar-refractivity contribution < 1.29 is 67.0 Å². The van der Waals surface area contributed by atoms with Crippen LogP contribution in [0.25, 0.3) is 10.9 Å². The van der Waals surface area contributed by atoms with E-state index in [1.54, 1.807) is 62.0 Å². The van der Waals surface area contributed by atoms with Gasteiger partial charge < -0.3 is 90.8 Å². The maximum absolute atomic E-state index is 14.4. The number of guanidine groups is 1. The van der Waals surface area contributed by atoms with Crippen LogP contribution in [-0.2, 0) is 72.6 Å². The third-order valence-corrected chi connectivity index (χ3v) is 15.8. The smallest absolute Gasteiger partial charge is 0.251 e. The molecule has 540 valence electrons. The lowest BCUT2D eigenvalue weighted by Gasteiger charge is -2.28. The fraction of sp³-hybridized carbons (Fsp3) is 0.530. The number of nitrogens with zero attached hydrogens (tertiary/aromatic N) is 4. The molecular weight excluding hydrogens is 1280 g/mol. The Balaban J connectivity index is 1.42. The number of para-hydroxylation sites is 1. The van der Waals surface area contributed by atoms with E-state index in [2.05, 4.69) is 68.1 Å². The van der Waals surface area contributed by atoms with Crippen LogP contribution >= 0.6 is 0 Å². The summed E-state index contributed by atoms with van der Waals surface area (Å²) in [6.07, 6.45) is 2.81. The van der Waals surface area contributed by atoms with Crippen molar-refractivity contribution in [2.75, 3.05) is 19.6 Å². The van der Waals surface area contributed by atoms with E-state index in [0.29, 0.717) is 22.2 Å². The Labute approximate surface area is 573 Å². The lowest BCUT2D eigenvalue weighted by Crippen LogP contribution is -2.59. The number of amides is 12. The number of aryl methyl sites for hydroxylation is 1. The number of aromatic amines is 1. The molecule has 0 aliphatic carbocycles. The van der Waals surface area contributed by atoms with Crippen molar-refractivity contribution in [2.45, 2.75) is 180 Å². The Morgan fingerprint density at radius 3 is 1.95 bits per heavy atom. The number of halogens is 1. The van der Waals surface area contributed by atoms with Crippen LogP contribution in [0.3, 0.4) is 0 Å². The zero-order valence-electron chi connectivity index (χ0n) is 57.1. The molecule has 0 unspecified atom stereocenters. The van der Waals surface area contributed by atoms with Gasteiger partial charge >= 0.3 is 0 Å². The SMILES string of the molecule is CC(C)C[C@H](NC(=O)C[C@H](O)[C@H](CC(C)C)NC(=O)[C@H](Cc1cncn1C)NC(=O)CNC(=O)[C@@H](NC(=O)[C@H](C)NC(=O)[C@H](Cc1c[nH]c2ccccc12)NC(=O)[C@H](CCC(N)=O)NC(=O)CCCCNC(=O)[C@H](CCCN=C(N)N)NC(=O)c1ccc([18F])c(C#N)c1)C(C)C)C(N)=O. The zero-order chi connectivity index (χ0) is 73.6. The summed E-state index contributed by atoms with van der Waals surface area (Å²) in [6, 6.07) is 2.02. The molecule has 0 spiro atoms. The summed E-state index contributed by atoms with van der Waals surface area (Å²) >= 11 is 0. The number of nitriles is 1. The van der Waals surface area contributed by atoms with Gasteiger partial charge in [0, 0.05) is 80.4 Å². The van der Waals surface area contributed by atoms with Crippen LogP contribution in [0, 0.1) is 34.9 Å². The third kappa shape index (κ3) is 27.9. The summed E-state index contributed by atoms with van der Waals surface area (Å²) in [5.74, 6) is -10.9. The van der Waals surface area contributed by atoms with Gasteiger partial charge in [0.25, 0.3) is 5.91 Å². The number of hydrogen-bond acceptors (Lipinski definition) is 16. The number of rotatable bonds is 42. The van der Waals surface area contributed by atoms with E-state index >= 15 is 0 Å². The molecule has 0 aliphatic heterocycles. The van der Waals surface area contributed by atoms with E-state index < -0.39 is 150 Å². The second-order valence-electron chi connectivity index (χ2n) is 25.4. The highest BCUT2D eigenvalue weighted by molar-refractivity contribution is 5.99. The van der Waals surface area contributed by atoms with E-state index in [9.17, 15) is 72.3 Å². The number of carbonyl (C=O) groups is 12. The third-order valence-electron chi connectivity index (χ3n) is 15.8. The standard InChI is InChI=1S/C66H96FN19O13/c1-35(2)24-48(52(87)29-55(90)80-49(58(70)92)25-36(3)4)83-64(98)51(28-42-32-73-34-86(42)8)81-56(91)33-77-65(99)57(37(5)6)85-59(93)38(7)78-63(97)50(27-41-31-76-45-15-10-9-14-43(41)45)84-62(96)47(20-21-53(69)88)79-54(89)17-11-12-22-74-61(95)46(16-13-23-75-66(71)72)82-60(94)39-18-19-44(67)40(26-39)30-68/h9-10,14-15,18-19,26,31-32,34-38,46-52,57,76,87H,11-13,16-17,20-25,27-29,33H2,1-8H3,(H2,69,88)(H2,70,92)(H,74,95)(H,77,99)(H,78,97)(H,79,89)(H,80,90)(H,81,91)(H,82,94)(H,83,98)(H,84,96)(H,85,93)(H4,71,72,75)/t38-,46-,47-,48-,49-,50-,51-,52-,57-/m0/s1/i67-1. The largest absolute Gasteiger partial charge is 0.390 e. The van der Waals surface area contributed by atoms with Gasteiger partial charge in [-0.15, -0.1) is 0 Å². The first-order chi connectivity index (χ1) is 46.8. The van der Waals surface area contributed by atoms with Crippen LogP contribution in [0.5, 0.6) is 0 Å². The number of aromatic nitrogens is 3. The number of nitrogens with one attached hydrogen (secondary N) is 11. The summed E-state index contributed by atoms with van der Waals surface area (Å²) in [7, 11) is 1.68. The van der Waals surface area contributed by atoms with Gasteiger partial charge in [0.1, 0.15) is 54.2 Å². The molecule has 0 bridgehead atoms. The average Bonchev–Trinajstić information content (AvgIpc) is 1.71. The molecule has 12 amide bonds. The van der Waals surface area contributed by atoms with Gasteiger partial charge in [-0.2, -0.15) is 5.26 Å². The molecule has 2 heterocycles. The number of fused-ring (bicyclic) bond motifs is 1. The van der Waals surface area contributed by atoms with Crippen LogP contribution < -0.4 is 76.1 Å².